The second kappa shape index (κ2) is 780. The number of hydrogen-bond donors (Lipinski definition) is 0. The standard InChI is InChI=1S/36ClH.6Mo/h36*1H;;;;;;/q;;;;;;;;;;;;;;;;;;;;;;;;;;;;;;;;;;;;6*+6/p-36. The largest absolute Gasteiger partial charge is 6.00 e. The van der Waals surface area contributed by atoms with Crippen molar-refractivity contribution < 1.29 is 573 Å². The summed E-state index contributed by atoms with van der Waals surface area (Å²) in [7, 11) is 0. The Hall–Kier alpha value is 14.6. The van der Waals surface area contributed by atoms with E-state index in [0.717, 1.165) is 0 Å². The normalized spacial score (nSPS) is 0. The summed E-state index contributed by atoms with van der Waals surface area (Å²) in [6.45, 7) is 0. The van der Waals surface area contributed by atoms with Gasteiger partial charge in [-0.05, 0) is 0 Å². The fourth-order valence-electron chi connectivity index (χ4n) is 0. The van der Waals surface area contributed by atoms with E-state index >= 15 is 0 Å². The molecule has 0 aromatic rings. The van der Waals surface area contributed by atoms with Gasteiger partial charge in [0.1, 0.15) is 0 Å². The molecule has 42 heavy (non-hydrogen) atoms. The molecule has 0 radical (unpaired) electrons. The minimum atomic E-state index is 0. The number of halogens is 36. The van der Waals surface area contributed by atoms with Crippen LogP contribution in [0.2, 0.25) is 0 Å². The maximum Gasteiger partial charge on any atom is 6.00 e. The monoisotopic (exact) mass is 1850 g/mol. The molecule has 0 aromatic heterocycles. The third-order valence-corrected chi connectivity index (χ3v) is 0. The molecule has 0 spiro atoms. The molecular weight excluding hydrogens is 1850 g/mol. The maximum atomic E-state index is 0. The first-order valence-corrected chi connectivity index (χ1v) is 0. The van der Waals surface area contributed by atoms with Gasteiger partial charge in [0, 0.05) is 0 Å². The van der Waals surface area contributed by atoms with E-state index in [9.17, 15) is 0 Å². The maximum absolute atomic E-state index is 0. The molecule has 0 saturated heterocycles. The van der Waals surface area contributed by atoms with Gasteiger partial charge in [0.05, 0.1) is 0 Å². The van der Waals surface area contributed by atoms with Crippen LogP contribution < -0.4 is 447 Å². The zero-order chi connectivity index (χ0) is 0. The fraction of sp³-hybridized carbons (Fsp3) is 0. The molecule has 0 saturated carbocycles. The van der Waals surface area contributed by atoms with Crippen LogP contribution in [-0.2, 0) is 126 Å². The molecule has 0 N–H and O–H groups in total. The second-order valence-corrected chi connectivity index (χ2v) is 0. The topological polar surface area (TPSA) is 0 Å². The van der Waals surface area contributed by atoms with Crippen molar-refractivity contribution in [3.05, 3.63) is 0 Å². The summed E-state index contributed by atoms with van der Waals surface area (Å²) in [6.07, 6.45) is 0. The zero-order valence-electron chi connectivity index (χ0n) is 16.1. The molecule has 0 aliphatic carbocycles. The molecular formula is Cl36Mo6. The van der Waals surface area contributed by atoms with Crippen molar-refractivity contribution in [3.8, 4) is 0 Å². The minimum absolute atomic E-state index is 0. The molecule has 0 amide bonds. The van der Waals surface area contributed by atoms with Crippen LogP contribution >= 0.6 is 0 Å². The summed E-state index contributed by atoms with van der Waals surface area (Å²) in [4.78, 5) is 0. The van der Waals surface area contributed by atoms with Gasteiger partial charge >= 0.3 is 126 Å². The van der Waals surface area contributed by atoms with E-state index in [1.54, 1.807) is 0 Å². The first-order chi connectivity index (χ1) is 0. The molecule has 0 bridgehead atoms. The Morgan fingerprint density at radius 2 is 0.0476 bits per heavy atom. The molecule has 0 rings (SSSR count). The van der Waals surface area contributed by atoms with Crippen molar-refractivity contribution in [3.63, 3.8) is 0 Å². The Balaban J connectivity index is 0. The van der Waals surface area contributed by atoms with Crippen LogP contribution in [0.3, 0.4) is 0 Å². The third-order valence-electron chi connectivity index (χ3n) is 0. The quantitative estimate of drug-likeness (QED) is 0.212. The predicted octanol–water partition coefficient (Wildman–Crippen LogP) is -108. The van der Waals surface area contributed by atoms with Crippen LogP contribution in [0.4, 0.5) is 0 Å². The van der Waals surface area contributed by atoms with Gasteiger partial charge in [-0.1, -0.05) is 0 Å². The van der Waals surface area contributed by atoms with E-state index < -0.39 is 0 Å². The van der Waals surface area contributed by atoms with Gasteiger partial charge in [-0.3, -0.25) is 0 Å². The Morgan fingerprint density at radius 3 is 0.0476 bits per heavy atom. The minimum Gasteiger partial charge on any atom is -1.00 e. The third kappa shape index (κ3) is 738. The van der Waals surface area contributed by atoms with Crippen LogP contribution in [0.5, 0.6) is 0 Å². The molecule has 0 aliphatic rings. The first-order valence-electron chi connectivity index (χ1n) is 0. The van der Waals surface area contributed by atoms with Crippen LogP contribution in [0, 0.1) is 0 Å². The molecule has 0 aromatic carbocycles. The van der Waals surface area contributed by atoms with Crippen molar-refractivity contribution in [1.82, 2.24) is 0 Å². The van der Waals surface area contributed by atoms with E-state index in [-0.39, 0.29) is 573 Å². The van der Waals surface area contributed by atoms with E-state index in [1.807, 2.05) is 0 Å². The molecule has 0 nitrogen and oxygen atoms in total. The average Bonchev–Trinajstić information content (AvgIpc) is 0. The molecule has 288 valence electrons. The fourth-order valence-corrected chi connectivity index (χ4v) is 0. The average molecular weight is 1850 g/mol. The summed E-state index contributed by atoms with van der Waals surface area (Å²) in [5, 5.41) is 0. The molecule has 0 aliphatic heterocycles. The van der Waals surface area contributed by atoms with E-state index in [1.165, 1.54) is 0 Å². The Bertz CT molecular complexity index is 24.9. The SMILES string of the molecule is [Cl-].[Cl-].[Cl-].[Cl-].[Cl-].[Cl-].[Cl-].[Cl-].[Cl-].[Cl-].[Cl-].[Cl-].[Cl-].[Cl-].[Cl-].[Cl-].[Cl-].[Cl-].[Cl-].[Cl-].[Cl-].[Cl-].[Cl-].[Cl-].[Cl-].[Cl-].[Cl-].[Cl-].[Cl-].[Cl-].[Cl-].[Cl-].[Cl-].[Cl-].[Cl-].[Cl-].[Mo+6].[Mo+6].[Mo+6].[Mo+6].[Mo+6].[Mo+6]. The zero-order valence-corrected chi connectivity index (χ0v) is 55.3. The molecule has 0 unspecified atom stereocenters. The Morgan fingerprint density at radius 1 is 0.0476 bits per heavy atom. The van der Waals surface area contributed by atoms with Gasteiger partial charge in [0.15, 0.2) is 0 Å². The van der Waals surface area contributed by atoms with E-state index in [0.29, 0.717) is 0 Å². The van der Waals surface area contributed by atoms with E-state index in [4.69, 9.17) is 0 Å². The Kier molecular flexibility index (Phi) is 15300. The van der Waals surface area contributed by atoms with Crippen molar-refractivity contribution in [2.24, 2.45) is 0 Å². The van der Waals surface area contributed by atoms with Gasteiger partial charge in [-0.15, -0.1) is 0 Å². The van der Waals surface area contributed by atoms with Crippen LogP contribution in [0.15, 0.2) is 0 Å². The summed E-state index contributed by atoms with van der Waals surface area (Å²) < 4.78 is 0. The first kappa shape index (κ1) is 823. The van der Waals surface area contributed by atoms with Crippen LogP contribution in [0.1, 0.15) is 0 Å². The summed E-state index contributed by atoms with van der Waals surface area (Å²) >= 11 is 0. The molecule has 0 atom stereocenters. The molecule has 0 heterocycles. The molecule has 42 heteroatoms. The van der Waals surface area contributed by atoms with Crippen molar-refractivity contribution in [2.75, 3.05) is 0 Å². The summed E-state index contributed by atoms with van der Waals surface area (Å²) in [5.41, 5.74) is 0. The van der Waals surface area contributed by atoms with Gasteiger partial charge in [0.25, 0.3) is 0 Å². The predicted molar refractivity (Wildman–Crippen MR) is 0 cm³/mol. The van der Waals surface area contributed by atoms with E-state index in [2.05, 4.69) is 0 Å². The van der Waals surface area contributed by atoms with Crippen molar-refractivity contribution in [1.29, 1.82) is 0 Å². The van der Waals surface area contributed by atoms with Crippen LogP contribution in [0.25, 0.3) is 0 Å². The second-order valence-electron chi connectivity index (χ2n) is 0. The van der Waals surface area contributed by atoms with Crippen molar-refractivity contribution >= 4 is 0 Å². The number of hydrogen-bond acceptors (Lipinski definition) is 0. The Labute approximate surface area is 561 Å². The van der Waals surface area contributed by atoms with Crippen LogP contribution in [-0.4, -0.2) is 0 Å². The number of rotatable bonds is 0. The smallest absolute Gasteiger partial charge is 1.00 e. The van der Waals surface area contributed by atoms with Gasteiger partial charge in [-0.2, -0.15) is 0 Å². The van der Waals surface area contributed by atoms with Crippen molar-refractivity contribution in [2.45, 2.75) is 0 Å². The van der Waals surface area contributed by atoms with Gasteiger partial charge in [0.2, 0.25) is 0 Å². The molecule has 0 fully saturated rings. The van der Waals surface area contributed by atoms with Gasteiger partial charge in [-0.25, -0.2) is 0 Å². The summed E-state index contributed by atoms with van der Waals surface area (Å²) in [6, 6.07) is 0. The van der Waals surface area contributed by atoms with Gasteiger partial charge < -0.3 is 447 Å². The summed E-state index contributed by atoms with van der Waals surface area (Å²) in [5.74, 6) is 0.